The molecule has 7 heteroatoms. The summed E-state index contributed by atoms with van der Waals surface area (Å²) in [5, 5.41) is 3.33. The Morgan fingerprint density at radius 2 is 1.89 bits per heavy atom. The van der Waals surface area contributed by atoms with Crippen molar-refractivity contribution in [2.75, 3.05) is 18.0 Å². The molecule has 0 aliphatic carbocycles. The molecule has 0 aromatic carbocycles. The molecule has 2 rings (SSSR count). The Balaban J connectivity index is 2.18. The van der Waals surface area contributed by atoms with E-state index in [4.69, 9.17) is 11.5 Å². The summed E-state index contributed by atoms with van der Waals surface area (Å²) in [7, 11) is 0. The van der Waals surface area contributed by atoms with Crippen LogP contribution in [0.2, 0.25) is 0 Å². The molecule has 2 aromatic rings. The molecule has 0 aliphatic rings. The van der Waals surface area contributed by atoms with Gasteiger partial charge in [-0.15, -0.1) is 0 Å². The van der Waals surface area contributed by atoms with E-state index in [0.29, 0.717) is 17.7 Å². The van der Waals surface area contributed by atoms with Gasteiger partial charge in [-0.1, -0.05) is 20.8 Å². The van der Waals surface area contributed by atoms with Crippen molar-refractivity contribution in [2.45, 2.75) is 27.3 Å². The number of nitrogens with zero attached hydrogens (tertiary/aromatic N) is 4. The number of nitrogens with one attached hydrogen (secondary N) is 1. The molecule has 0 radical (unpaired) electrons. The van der Waals surface area contributed by atoms with Gasteiger partial charge >= 0.3 is 0 Å². The highest BCUT2D eigenvalue weighted by Gasteiger charge is 2.10. The van der Waals surface area contributed by atoms with Crippen molar-refractivity contribution >= 4 is 22.9 Å². The zero-order valence-electron chi connectivity index (χ0n) is 11.4. The van der Waals surface area contributed by atoms with Crippen LogP contribution in [0.1, 0.15) is 26.5 Å². The Labute approximate surface area is 111 Å². The van der Waals surface area contributed by atoms with Gasteiger partial charge in [0.1, 0.15) is 0 Å². The fraction of sp³-hybridized carbons (Fsp3) is 0.500. The summed E-state index contributed by atoms with van der Waals surface area (Å²) in [6, 6.07) is 0. The van der Waals surface area contributed by atoms with Gasteiger partial charge in [-0.25, -0.2) is 9.97 Å². The molecule has 2 aromatic heterocycles. The van der Waals surface area contributed by atoms with Gasteiger partial charge < -0.3 is 16.8 Å². The lowest BCUT2D eigenvalue weighted by molar-refractivity contribution is 0.378. The fourth-order valence-corrected chi connectivity index (χ4v) is 1.63. The summed E-state index contributed by atoms with van der Waals surface area (Å²) in [6.07, 6.45) is 1.67. The lowest BCUT2D eigenvalue weighted by Gasteiger charge is -2.18. The van der Waals surface area contributed by atoms with Crippen molar-refractivity contribution in [3.8, 4) is 0 Å². The van der Waals surface area contributed by atoms with E-state index in [1.807, 2.05) is 0 Å². The first-order chi connectivity index (χ1) is 8.85. The number of hydrogen-bond donors (Lipinski definition) is 3. The molecular weight excluding hydrogens is 242 g/mol. The molecule has 0 spiro atoms. The van der Waals surface area contributed by atoms with E-state index in [1.165, 1.54) is 0 Å². The van der Waals surface area contributed by atoms with Crippen LogP contribution in [-0.4, -0.2) is 26.5 Å². The Morgan fingerprint density at radius 3 is 2.58 bits per heavy atom. The van der Waals surface area contributed by atoms with Crippen LogP contribution in [0.25, 0.3) is 11.2 Å². The molecule has 0 fully saturated rings. The first-order valence-electron chi connectivity index (χ1n) is 6.10. The number of aromatic nitrogens is 4. The number of hydrogen-bond acceptors (Lipinski definition) is 7. The third kappa shape index (κ3) is 3.47. The topological polar surface area (TPSA) is 116 Å². The number of fused-ring (bicyclic) bond motifs is 1. The van der Waals surface area contributed by atoms with E-state index in [-0.39, 0.29) is 17.2 Å². The van der Waals surface area contributed by atoms with Crippen molar-refractivity contribution in [3.63, 3.8) is 0 Å². The van der Waals surface area contributed by atoms with Crippen molar-refractivity contribution in [1.82, 2.24) is 25.3 Å². The molecule has 0 unspecified atom stereocenters. The number of nitrogens with two attached hydrogens (primary N) is 2. The molecule has 5 N–H and O–H groups in total. The van der Waals surface area contributed by atoms with Crippen LogP contribution in [0.15, 0.2) is 6.20 Å². The van der Waals surface area contributed by atoms with Gasteiger partial charge in [-0.2, -0.15) is 9.97 Å². The van der Waals surface area contributed by atoms with Crippen molar-refractivity contribution in [1.29, 1.82) is 0 Å². The second kappa shape index (κ2) is 4.93. The van der Waals surface area contributed by atoms with Gasteiger partial charge in [0.2, 0.25) is 5.95 Å². The molecule has 102 valence electrons. The number of nitrogen functional groups attached to an aromatic ring is 2. The maximum Gasteiger partial charge on any atom is 0.224 e. The summed E-state index contributed by atoms with van der Waals surface area (Å²) >= 11 is 0. The molecule has 7 nitrogen and oxygen atoms in total. The van der Waals surface area contributed by atoms with Gasteiger partial charge in [-0.05, 0) is 5.41 Å². The molecule has 0 saturated heterocycles. The van der Waals surface area contributed by atoms with Crippen LogP contribution in [0.5, 0.6) is 0 Å². The Morgan fingerprint density at radius 1 is 1.16 bits per heavy atom. The van der Waals surface area contributed by atoms with E-state index < -0.39 is 0 Å². The highest BCUT2D eigenvalue weighted by molar-refractivity contribution is 5.81. The monoisotopic (exact) mass is 261 g/mol. The quantitative estimate of drug-likeness (QED) is 0.745. The number of anilines is 2. The van der Waals surface area contributed by atoms with Gasteiger partial charge in [0.15, 0.2) is 17.0 Å². The van der Waals surface area contributed by atoms with Gasteiger partial charge in [0, 0.05) is 13.1 Å². The average molecular weight is 261 g/mol. The molecule has 0 bridgehead atoms. The van der Waals surface area contributed by atoms with E-state index >= 15 is 0 Å². The highest BCUT2D eigenvalue weighted by Crippen LogP contribution is 2.15. The molecule has 0 atom stereocenters. The predicted octanol–water partition coefficient (Wildman–Crippen LogP) is 0.720. The summed E-state index contributed by atoms with van der Waals surface area (Å²) in [5.41, 5.74) is 13.2. The molecule has 0 aliphatic heterocycles. The SMILES string of the molecule is CC(C)(C)CNCc1cnc2nc(N)nc(N)c2n1. The Kier molecular flexibility index (Phi) is 3.48. The second-order valence-electron chi connectivity index (χ2n) is 5.66. The van der Waals surface area contributed by atoms with Crippen LogP contribution >= 0.6 is 0 Å². The van der Waals surface area contributed by atoms with E-state index in [2.05, 4.69) is 46.0 Å². The average Bonchev–Trinajstić information content (AvgIpc) is 2.28. The fourth-order valence-electron chi connectivity index (χ4n) is 1.63. The lowest BCUT2D eigenvalue weighted by atomic mass is 9.97. The molecule has 0 amide bonds. The summed E-state index contributed by atoms with van der Waals surface area (Å²) in [4.78, 5) is 16.5. The normalized spacial score (nSPS) is 11.9. The maximum absolute atomic E-state index is 5.77. The largest absolute Gasteiger partial charge is 0.382 e. The van der Waals surface area contributed by atoms with Crippen molar-refractivity contribution < 1.29 is 0 Å². The first-order valence-corrected chi connectivity index (χ1v) is 6.10. The summed E-state index contributed by atoms with van der Waals surface area (Å²) < 4.78 is 0. The third-order valence-corrected chi connectivity index (χ3v) is 2.46. The highest BCUT2D eigenvalue weighted by atomic mass is 15.1. The molecule has 19 heavy (non-hydrogen) atoms. The molecule has 2 heterocycles. The maximum atomic E-state index is 5.77. The van der Waals surface area contributed by atoms with Crippen LogP contribution in [-0.2, 0) is 6.54 Å². The minimum atomic E-state index is 0.109. The van der Waals surface area contributed by atoms with Crippen LogP contribution < -0.4 is 16.8 Å². The van der Waals surface area contributed by atoms with Gasteiger partial charge in [-0.3, -0.25) is 0 Å². The van der Waals surface area contributed by atoms with Crippen molar-refractivity contribution in [3.05, 3.63) is 11.9 Å². The third-order valence-electron chi connectivity index (χ3n) is 2.46. The molecule has 0 saturated carbocycles. The summed E-state index contributed by atoms with van der Waals surface area (Å²) in [5.74, 6) is 0.366. The zero-order chi connectivity index (χ0) is 14.0. The zero-order valence-corrected chi connectivity index (χ0v) is 11.4. The smallest absolute Gasteiger partial charge is 0.224 e. The van der Waals surface area contributed by atoms with E-state index in [0.717, 1.165) is 12.2 Å². The minimum absolute atomic E-state index is 0.109. The van der Waals surface area contributed by atoms with Crippen LogP contribution in [0, 0.1) is 5.41 Å². The molecular formula is C12H19N7. The second-order valence-corrected chi connectivity index (χ2v) is 5.66. The predicted molar refractivity (Wildman–Crippen MR) is 75.1 cm³/mol. The van der Waals surface area contributed by atoms with Crippen LogP contribution in [0.4, 0.5) is 11.8 Å². The van der Waals surface area contributed by atoms with Gasteiger partial charge in [0.25, 0.3) is 0 Å². The standard InChI is InChI=1S/C12H19N7/c1-12(2,3)6-15-4-7-5-16-10-8(17-7)9(13)18-11(14)19-10/h5,15H,4,6H2,1-3H3,(H4,13,14,16,18,19). The van der Waals surface area contributed by atoms with E-state index in [1.54, 1.807) is 6.20 Å². The van der Waals surface area contributed by atoms with Gasteiger partial charge in [0.05, 0.1) is 11.9 Å². The van der Waals surface area contributed by atoms with E-state index in [9.17, 15) is 0 Å². The Bertz CT molecular complexity index is 588. The Hall–Kier alpha value is -2.02. The first kappa shape index (κ1) is 13.4. The lowest BCUT2D eigenvalue weighted by Crippen LogP contribution is -2.26. The minimum Gasteiger partial charge on any atom is -0.382 e. The number of rotatable bonds is 3. The van der Waals surface area contributed by atoms with Crippen molar-refractivity contribution in [2.24, 2.45) is 5.41 Å². The van der Waals surface area contributed by atoms with Crippen LogP contribution in [0.3, 0.4) is 0 Å². The summed E-state index contributed by atoms with van der Waals surface area (Å²) in [6.45, 7) is 8.02.